The number of nitrogens with two attached hydrogens (primary N) is 1. The zero-order chi connectivity index (χ0) is 17.4. The monoisotopic (exact) mass is 353 g/mol. The van der Waals surface area contributed by atoms with Crippen LogP contribution in [-0.2, 0) is 6.54 Å². The highest BCUT2D eigenvalue weighted by Crippen LogP contribution is 2.32. The van der Waals surface area contributed by atoms with Crippen LogP contribution < -0.4 is 10.6 Å². The molecule has 2 aromatic heterocycles. The van der Waals surface area contributed by atoms with Crippen LogP contribution in [0, 0.1) is 13.8 Å². The van der Waals surface area contributed by atoms with E-state index in [-0.39, 0.29) is 0 Å². The van der Waals surface area contributed by atoms with Gasteiger partial charge in [0.25, 0.3) is 0 Å². The number of piperazine rings is 1. The van der Waals surface area contributed by atoms with Crippen molar-refractivity contribution < 1.29 is 0 Å². The summed E-state index contributed by atoms with van der Waals surface area (Å²) in [6.07, 6.45) is 0. The highest BCUT2D eigenvalue weighted by molar-refractivity contribution is 7.18. The second kappa shape index (κ2) is 6.61. The Morgan fingerprint density at radius 1 is 1.04 bits per heavy atom. The third-order valence-electron chi connectivity index (χ3n) is 4.96. The van der Waals surface area contributed by atoms with Gasteiger partial charge in [-0.25, -0.2) is 9.97 Å². The normalized spacial score (nSPS) is 15.8. The van der Waals surface area contributed by atoms with Crippen molar-refractivity contribution in [3.05, 3.63) is 46.6 Å². The number of rotatable bonds is 3. The molecule has 1 aromatic carbocycles. The minimum absolute atomic E-state index is 0.616. The first-order valence-corrected chi connectivity index (χ1v) is 9.48. The fourth-order valence-electron chi connectivity index (χ4n) is 3.40. The Labute approximate surface area is 152 Å². The molecule has 1 fully saturated rings. The van der Waals surface area contributed by atoms with Crippen LogP contribution in [0.15, 0.2) is 30.3 Å². The summed E-state index contributed by atoms with van der Waals surface area (Å²) >= 11 is 1.71. The number of hydrogen-bond acceptors (Lipinski definition) is 6. The molecular formula is C19H23N5S. The first-order valence-electron chi connectivity index (χ1n) is 8.66. The summed E-state index contributed by atoms with van der Waals surface area (Å²) in [5, 5.41) is 1.03. The number of anilines is 2. The molecule has 130 valence electrons. The smallest absolute Gasteiger partial charge is 0.146 e. The third-order valence-corrected chi connectivity index (χ3v) is 6.06. The molecule has 2 N–H and O–H groups in total. The molecule has 4 rings (SSSR count). The number of para-hydroxylation sites is 1. The Morgan fingerprint density at radius 2 is 1.76 bits per heavy atom. The number of nitrogen functional groups attached to an aromatic ring is 1. The van der Waals surface area contributed by atoms with Crippen LogP contribution >= 0.6 is 11.3 Å². The molecule has 1 aliphatic heterocycles. The van der Waals surface area contributed by atoms with Crippen molar-refractivity contribution >= 4 is 33.1 Å². The van der Waals surface area contributed by atoms with Gasteiger partial charge < -0.3 is 10.6 Å². The Bertz CT molecular complexity index is 882. The standard InChI is InChI=1S/C19H23N5S/c1-13-14(2)25-19-17(13)18(20)21-16(22-19)12-23-8-10-24(11-9-23)15-6-4-3-5-7-15/h3-7H,8-12H2,1-2H3,(H2,20,21,22). The molecule has 0 unspecified atom stereocenters. The van der Waals surface area contributed by atoms with Crippen LogP contribution in [0.5, 0.6) is 0 Å². The van der Waals surface area contributed by atoms with Gasteiger partial charge in [0.1, 0.15) is 16.5 Å². The van der Waals surface area contributed by atoms with Crippen molar-refractivity contribution in [1.82, 2.24) is 14.9 Å². The maximum absolute atomic E-state index is 6.20. The van der Waals surface area contributed by atoms with Crippen LogP contribution in [0.25, 0.3) is 10.2 Å². The van der Waals surface area contributed by atoms with Gasteiger partial charge in [-0.1, -0.05) is 18.2 Å². The van der Waals surface area contributed by atoms with E-state index in [1.807, 2.05) is 0 Å². The molecule has 0 saturated carbocycles. The van der Waals surface area contributed by atoms with Gasteiger partial charge in [-0.15, -0.1) is 11.3 Å². The van der Waals surface area contributed by atoms with E-state index < -0.39 is 0 Å². The van der Waals surface area contributed by atoms with Gasteiger partial charge in [0.2, 0.25) is 0 Å². The van der Waals surface area contributed by atoms with Gasteiger partial charge in [-0.2, -0.15) is 0 Å². The SMILES string of the molecule is Cc1sc2nc(CN3CCN(c4ccccc4)CC3)nc(N)c2c1C. The molecule has 3 aromatic rings. The van der Waals surface area contributed by atoms with Crippen molar-refractivity contribution in [2.75, 3.05) is 36.8 Å². The molecule has 0 spiro atoms. The predicted molar refractivity (Wildman–Crippen MR) is 105 cm³/mol. The fourth-order valence-corrected chi connectivity index (χ4v) is 4.46. The quantitative estimate of drug-likeness (QED) is 0.783. The molecule has 0 amide bonds. The van der Waals surface area contributed by atoms with E-state index in [4.69, 9.17) is 10.7 Å². The maximum atomic E-state index is 6.20. The lowest BCUT2D eigenvalue weighted by Gasteiger charge is -2.35. The first-order chi connectivity index (χ1) is 12.1. The van der Waals surface area contributed by atoms with Crippen LogP contribution in [0.3, 0.4) is 0 Å². The second-order valence-electron chi connectivity index (χ2n) is 6.59. The summed E-state index contributed by atoms with van der Waals surface area (Å²) in [5.41, 5.74) is 8.71. The molecule has 1 aliphatic rings. The van der Waals surface area contributed by atoms with Crippen LogP contribution in [0.2, 0.25) is 0 Å². The summed E-state index contributed by atoms with van der Waals surface area (Å²) in [6.45, 7) is 9.05. The second-order valence-corrected chi connectivity index (χ2v) is 7.79. The average molecular weight is 353 g/mol. The number of nitrogens with zero attached hydrogens (tertiary/aromatic N) is 4. The lowest BCUT2D eigenvalue weighted by Crippen LogP contribution is -2.46. The van der Waals surface area contributed by atoms with Crippen LogP contribution in [-0.4, -0.2) is 41.0 Å². The van der Waals surface area contributed by atoms with Gasteiger partial charge in [-0.05, 0) is 31.5 Å². The zero-order valence-electron chi connectivity index (χ0n) is 14.7. The number of fused-ring (bicyclic) bond motifs is 1. The van der Waals surface area contributed by atoms with E-state index in [9.17, 15) is 0 Å². The Kier molecular flexibility index (Phi) is 4.31. The fraction of sp³-hybridized carbons (Fsp3) is 0.368. The largest absolute Gasteiger partial charge is 0.383 e. The van der Waals surface area contributed by atoms with Crippen molar-refractivity contribution in [2.24, 2.45) is 0 Å². The summed E-state index contributed by atoms with van der Waals surface area (Å²) in [6, 6.07) is 10.6. The minimum atomic E-state index is 0.616. The van der Waals surface area contributed by atoms with E-state index in [1.165, 1.54) is 16.1 Å². The van der Waals surface area contributed by atoms with E-state index in [1.54, 1.807) is 11.3 Å². The molecule has 0 aliphatic carbocycles. The van der Waals surface area contributed by atoms with E-state index in [2.05, 4.69) is 59.0 Å². The van der Waals surface area contributed by atoms with Crippen molar-refractivity contribution in [3.63, 3.8) is 0 Å². The molecule has 5 nitrogen and oxygen atoms in total. The number of thiophene rings is 1. The van der Waals surface area contributed by atoms with Crippen LogP contribution in [0.4, 0.5) is 11.5 Å². The molecule has 6 heteroatoms. The van der Waals surface area contributed by atoms with E-state index in [0.29, 0.717) is 5.82 Å². The van der Waals surface area contributed by atoms with E-state index >= 15 is 0 Å². The third kappa shape index (κ3) is 3.19. The lowest BCUT2D eigenvalue weighted by molar-refractivity contribution is 0.244. The van der Waals surface area contributed by atoms with Gasteiger partial charge in [0, 0.05) is 36.7 Å². The van der Waals surface area contributed by atoms with Gasteiger partial charge in [-0.3, -0.25) is 4.90 Å². The van der Waals surface area contributed by atoms with Crippen molar-refractivity contribution in [2.45, 2.75) is 20.4 Å². The Hall–Kier alpha value is -2.18. The first kappa shape index (κ1) is 16.3. The number of benzene rings is 1. The lowest BCUT2D eigenvalue weighted by atomic mass is 10.2. The summed E-state index contributed by atoms with van der Waals surface area (Å²) in [7, 11) is 0. The highest BCUT2D eigenvalue weighted by atomic mass is 32.1. The molecule has 0 atom stereocenters. The van der Waals surface area contributed by atoms with E-state index in [0.717, 1.165) is 48.8 Å². The molecule has 25 heavy (non-hydrogen) atoms. The number of aromatic nitrogens is 2. The molecule has 0 radical (unpaired) electrons. The van der Waals surface area contributed by atoms with Crippen molar-refractivity contribution in [1.29, 1.82) is 0 Å². The number of hydrogen-bond donors (Lipinski definition) is 1. The zero-order valence-corrected chi connectivity index (χ0v) is 15.5. The summed E-state index contributed by atoms with van der Waals surface area (Å²) < 4.78 is 0. The van der Waals surface area contributed by atoms with Gasteiger partial charge in [0.15, 0.2) is 0 Å². The average Bonchev–Trinajstić information content (AvgIpc) is 2.91. The van der Waals surface area contributed by atoms with Crippen molar-refractivity contribution in [3.8, 4) is 0 Å². The van der Waals surface area contributed by atoms with Crippen LogP contribution in [0.1, 0.15) is 16.3 Å². The number of aryl methyl sites for hydroxylation is 2. The molecular weight excluding hydrogens is 330 g/mol. The topological polar surface area (TPSA) is 58.3 Å². The molecule has 0 bridgehead atoms. The van der Waals surface area contributed by atoms with Gasteiger partial charge in [0.05, 0.1) is 11.9 Å². The summed E-state index contributed by atoms with van der Waals surface area (Å²) in [5.74, 6) is 1.45. The molecule has 1 saturated heterocycles. The highest BCUT2D eigenvalue weighted by Gasteiger charge is 2.19. The summed E-state index contributed by atoms with van der Waals surface area (Å²) in [4.78, 5) is 16.4. The Balaban J connectivity index is 1.46. The van der Waals surface area contributed by atoms with Gasteiger partial charge >= 0.3 is 0 Å². The molecule has 3 heterocycles. The predicted octanol–water partition coefficient (Wildman–Crippen LogP) is 3.21. The maximum Gasteiger partial charge on any atom is 0.146 e. The Morgan fingerprint density at radius 3 is 2.48 bits per heavy atom. The minimum Gasteiger partial charge on any atom is -0.383 e.